The van der Waals surface area contributed by atoms with Crippen LogP contribution in [0.2, 0.25) is 5.02 Å². The summed E-state index contributed by atoms with van der Waals surface area (Å²) in [6, 6.07) is 5.57. The normalized spacial score (nSPS) is 11.4. The SMILES string of the molecule is CNC(=O)c1sc2nc(C)c(Cl)c(C)c2c1-c1ccc2nonc2c1. The van der Waals surface area contributed by atoms with Gasteiger partial charge in [-0.3, -0.25) is 4.79 Å². The maximum absolute atomic E-state index is 12.5. The van der Waals surface area contributed by atoms with Gasteiger partial charge in [0.2, 0.25) is 0 Å². The van der Waals surface area contributed by atoms with Gasteiger partial charge < -0.3 is 5.32 Å². The second kappa shape index (κ2) is 5.79. The van der Waals surface area contributed by atoms with Gasteiger partial charge in [0.15, 0.2) is 0 Å². The van der Waals surface area contributed by atoms with Crippen molar-refractivity contribution in [2.24, 2.45) is 0 Å². The molecule has 0 unspecified atom stereocenters. The fraction of sp³-hybridized carbons (Fsp3) is 0.176. The van der Waals surface area contributed by atoms with E-state index in [1.165, 1.54) is 11.3 Å². The van der Waals surface area contributed by atoms with E-state index in [0.717, 1.165) is 32.6 Å². The second-order valence-electron chi connectivity index (χ2n) is 5.67. The van der Waals surface area contributed by atoms with Crippen molar-refractivity contribution in [2.45, 2.75) is 13.8 Å². The van der Waals surface area contributed by atoms with Gasteiger partial charge >= 0.3 is 0 Å². The number of hydrogen-bond acceptors (Lipinski definition) is 6. The molecule has 8 heteroatoms. The third-order valence-corrected chi connectivity index (χ3v) is 5.80. The van der Waals surface area contributed by atoms with Crippen LogP contribution in [0.1, 0.15) is 20.9 Å². The number of halogens is 1. The number of amides is 1. The second-order valence-corrected chi connectivity index (χ2v) is 7.05. The Morgan fingerprint density at radius 3 is 2.76 bits per heavy atom. The van der Waals surface area contributed by atoms with Gasteiger partial charge in [-0.2, -0.15) is 0 Å². The average molecular weight is 373 g/mol. The van der Waals surface area contributed by atoms with Crippen LogP contribution >= 0.6 is 22.9 Å². The summed E-state index contributed by atoms with van der Waals surface area (Å²) in [6.07, 6.45) is 0. The Bertz CT molecular complexity index is 1150. The van der Waals surface area contributed by atoms with Gasteiger partial charge in [0.05, 0.1) is 10.7 Å². The molecule has 3 aromatic heterocycles. The quantitative estimate of drug-likeness (QED) is 0.572. The Hall–Kier alpha value is -2.51. The largest absolute Gasteiger partial charge is 0.354 e. The molecule has 0 fully saturated rings. The molecule has 0 saturated carbocycles. The van der Waals surface area contributed by atoms with Crippen LogP contribution < -0.4 is 5.32 Å². The maximum Gasteiger partial charge on any atom is 0.261 e. The van der Waals surface area contributed by atoms with Gasteiger partial charge in [-0.05, 0) is 47.4 Å². The van der Waals surface area contributed by atoms with Crippen molar-refractivity contribution < 1.29 is 9.42 Å². The fourth-order valence-corrected chi connectivity index (χ4v) is 4.30. The summed E-state index contributed by atoms with van der Waals surface area (Å²) in [4.78, 5) is 18.4. The van der Waals surface area contributed by atoms with Crippen LogP contribution in [0.25, 0.3) is 32.4 Å². The van der Waals surface area contributed by atoms with Crippen molar-refractivity contribution in [3.05, 3.63) is 39.4 Å². The Labute approximate surface area is 151 Å². The Balaban J connectivity index is 2.12. The van der Waals surface area contributed by atoms with Gasteiger partial charge in [-0.1, -0.05) is 17.7 Å². The molecule has 0 aliphatic heterocycles. The number of nitrogens with one attached hydrogen (secondary N) is 1. The first-order valence-electron chi connectivity index (χ1n) is 7.55. The monoisotopic (exact) mass is 372 g/mol. The number of pyridine rings is 1. The van der Waals surface area contributed by atoms with Crippen LogP contribution in [0.15, 0.2) is 22.8 Å². The highest BCUT2D eigenvalue weighted by molar-refractivity contribution is 7.21. The van der Waals surface area contributed by atoms with E-state index in [1.807, 2.05) is 32.0 Å². The molecule has 0 aliphatic carbocycles. The van der Waals surface area contributed by atoms with E-state index in [9.17, 15) is 4.79 Å². The molecule has 0 atom stereocenters. The van der Waals surface area contributed by atoms with Crippen LogP contribution in [-0.2, 0) is 0 Å². The number of fused-ring (bicyclic) bond motifs is 2. The van der Waals surface area contributed by atoms with Crippen molar-refractivity contribution in [1.82, 2.24) is 20.6 Å². The molecule has 0 aliphatic rings. The van der Waals surface area contributed by atoms with E-state index in [-0.39, 0.29) is 5.91 Å². The number of nitrogens with zero attached hydrogens (tertiary/aromatic N) is 3. The number of rotatable bonds is 2. The fourth-order valence-electron chi connectivity index (χ4n) is 2.91. The van der Waals surface area contributed by atoms with Crippen LogP contribution in [-0.4, -0.2) is 28.3 Å². The summed E-state index contributed by atoms with van der Waals surface area (Å²) in [6.45, 7) is 3.81. The zero-order valence-corrected chi connectivity index (χ0v) is 15.2. The lowest BCUT2D eigenvalue weighted by Crippen LogP contribution is -2.17. The van der Waals surface area contributed by atoms with Crippen LogP contribution in [0.5, 0.6) is 0 Å². The van der Waals surface area contributed by atoms with Crippen molar-refractivity contribution in [3.8, 4) is 11.1 Å². The summed E-state index contributed by atoms with van der Waals surface area (Å²) < 4.78 is 4.77. The lowest BCUT2D eigenvalue weighted by molar-refractivity contribution is 0.0967. The first-order valence-corrected chi connectivity index (χ1v) is 8.74. The molecule has 126 valence electrons. The minimum absolute atomic E-state index is 0.162. The van der Waals surface area contributed by atoms with Crippen molar-refractivity contribution in [2.75, 3.05) is 7.05 Å². The molecule has 3 heterocycles. The molecule has 4 aromatic rings. The van der Waals surface area contributed by atoms with Gasteiger partial charge in [-0.15, -0.1) is 11.3 Å². The summed E-state index contributed by atoms with van der Waals surface area (Å²) >= 11 is 7.78. The van der Waals surface area contributed by atoms with Gasteiger partial charge in [0.1, 0.15) is 20.7 Å². The lowest BCUT2D eigenvalue weighted by Gasteiger charge is -2.08. The van der Waals surface area contributed by atoms with E-state index < -0.39 is 0 Å². The molecular formula is C17H13ClN4O2S. The Kier molecular flexibility index (Phi) is 3.70. The van der Waals surface area contributed by atoms with Crippen molar-refractivity contribution >= 4 is 50.1 Å². The van der Waals surface area contributed by atoms with Crippen LogP contribution in [0.3, 0.4) is 0 Å². The summed E-state index contributed by atoms with van der Waals surface area (Å²) in [7, 11) is 1.61. The third-order valence-electron chi connectivity index (χ3n) is 4.16. The van der Waals surface area contributed by atoms with E-state index in [4.69, 9.17) is 16.2 Å². The molecular weight excluding hydrogens is 360 g/mol. The molecule has 6 nitrogen and oxygen atoms in total. The topological polar surface area (TPSA) is 80.9 Å². The molecule has 0 saturated heterocycles. The highest BCUT2D eigenvalue weighted by Gasteiger charge is 2.23. The predicted molar refractivity (Wildman–Crippen MR) is 98.3 cm³/mol. The van der Waals surface area contributed by atoms with E-state index in [1.54, 1.807) is 7.05 Å². The molecule has 4 rings (SSSR count). The summed E-state index contributed by atoms with van der Waals surface area (Å²) in [5.74, 6) is -0.162. The smallest absolute Gasteiger partial charge is 0.261 e. The summed E-state index contributed by atoms with van der Waals surface area (Å²) in [5.41, 5.74) is 4.59. The number of thiophene rings is 1. The number of carbonyl (C=O) groups excluding carboxylic acids is 1. The first kappa shape index (κ1) is 16.0. The number of carbonyl (C=O) groups is 1. The highest BCUT2D eigenvalue weighted by Crippen LogP contribution is 2.42. The number of aromatic nitrogens is 3. The zero-order chi connectivity index (χ0) is 17.7. The molecule has 25 heavy (non-hydrogen) atoms. The Morgan fingerprint density at radius 2 is 2.00 bits per heavy atom. The summed E-state index contributed by atoms with van der Waals surface area (Å²) in [5, 5.41) is 11.9. The minimum atomic E-state index is -0.162. The standard InChI is InChI=1S/C17H13ClN4O2S/c1-7-12-13(9-4-5-10-11(6-9)22-24-21-10)15(16(23)19-3)25-17(12)20-8(2)14(7)18/h4-6H,1-3H3,(H,19,23). The number of hydrogen-bond donors (Lipinski definition) is 1. The lowest BCUT2D eigenvalue weighted by atomic mass is 9.99. The van der Waals surface area contributed by atoms with Gasteiger partial charge in [0.25, 0.3) is 5.91 Å². The Morgan fingerprint density at radius 1 is 1.24 bits per heavy atom. The van der Waals surface area contributed by atoms with E-state index in [0.29, 0.717) is 20.9 Å². The minimum Gasteiger partial charge on any atom is -0.354 e. The molecule has 1 amide bonds. The highest BCUT2D eigenvalue weighted by atomic mass is 35.5. The first-order chi connectivity index (χ1) is 12.0. The van der Waals surface area contributed by atoms with E-state index in [2.05, 4.69) is 20.6 Å². The molecule has 0 spiro atoms. The van der Waals surface area contributed by atoms with E-state index >= 15 is 0 Å². The molecule has 0 radical (unpaired) electrons. The van der Waals surface area contributed by atoms with Gasteiger partial charge in [0, 0.05) is 18.0 Å². The van der Waals surface area contributed by atoms with Crippen molar-refractivity contribution in [1.29, 1.82) is 0 Å². The third kappa shape index (κ3) is 2.39. The van der Waals surface area contributed by atoms with Gasteiger partial charge in [-0.25, -0.2) is 9.61 Å². The van der Waals surface area contributed by atoms with Crippen LogP contribution in [0.4, 0.5) is 0 Å². The number of aryl methyl sites for hydroxylation is 2. The van der Waals surface area contributed by atoms with Crippen LogP contribution in [0, 0.1) is 13.8 Å². The van der Waals surface area contributed by atoms with Crippen molar-refractivity contribution in [3.63, 3.8) is 0 Å². The average Bonchev–Trinajstić information content (AvgIpc) is 3.22. The number of benzene rings is 1. The zero-order valence-electron chi connectivity index (χ0n) is 13.7. The molecule has 1 aromatic carbocycles. The predicted octanol–water partition coefficient (Wildman–Crippen LogP) is 4.13. The molecule has 0 bridgehead atoms. The maximum atomic E-state index is 12.5. The molecule has 1 N–H and O–H groups in total.